The number of hydrogen-bond donors (Lipinski definition) is 2. The van der Waals surface area contributed by atoms with Gasteiger partial charge in [0.15, 0.2) is 8.32 Å². The lowest BCUT2D eigenvalue weighted by molar-refractivity contribution is -0.139. The zero-order valence-corrected chi connectivity index (χ0v) is 17.1. The van der Waals surface area contributed by atoms with E-state index in [9.17, 15) is 0 Å². The van der Waals surface area contributed by atoms with Gasteiger partial charge < -0.3 is 15.6 Å². The van der Waals surface area contributed by atoms with Gasteiger partial charge in [-0.2, -0.15) is 0 Å². The smallest absolute Gasteiger partial charge is 0.357 e. The molecule has 0 atom stereocenters. The first kappa shape index (κ1) is 20.5. The Labute approximate surface area is 127 Å². The highest BCUT2D eigenvalue weighted by molar-refractivity contribution is 6.82. The molecule has 0 aliphatic carbocycles. The quantitative estimate of drug-likeness (QED) is 0.344. The Balaban J connectivity index is 4.30. The third-order valence-electron chi connectivity index (χ3n) is 2.96. The normalized spacial score (nSPS) is 13.8. The first-order valence-electron chi connectivity index (χ1n) is 7.51. The molecule has 0 amide bonds. The van der Waals surface area contributed by atoms with Crippen molar-refractivity contribution in [2.75, 3.05) is 13.1 Å². The van der Waals surface area contributed by atoms with Gasteiger partial charge in [0.2, 0.25) is 8.32 Å². The van der Waals surface area contributed by atoms with Gasteiger partial charge in [-0.1, -0.05) is 0 Å². The Morgan fingerprint density at radius 2 is 1.15 bits per heavy atom. The van der Waals surface area contributed by atoms with Gasteiger partial charge in [0.05, 0.1) is 0 Å². The predicted molar refractivity (Wildman–Crippen MR) is 92.7 cm³/mol. The standard InChI is InChI=1S/C12H34N2O3Si3/c1-18(2,11-7-9-13)15-16-20(5,6)17-19(3,4)12-8-10-14/h7-14H2,1-6H3. The minimum atomic E-state index is -2.24. The molecule has 0 aromatic carbocycles. The molecule has 0 unspecified atom stereocenters. The predicted octanol–water partition coefficient (Wildman–Crippen LogP) is 2.76. The first-order valence-corrected chi connectivity index (χ1v) is 16.6. The molecule has 0 aliphatic heterocycles. The molecular formula is C12H34N2O3Si3. The number of hydrogen-bond acceptors (Lipinski definition) is 5. The average molecular weight is 339 g/mol. The van der Waals surface area contributed by atoms with Crippen molar-refractivity contribution in [1.29, 1.82) is 0 Å². The van der Waals surface area contributed by atoms with Crippen LogP contribution < -0.4 is 11.5 Å². The number of rotatable bonds is 11. The van der Waals surface area contributed by atoms with E-state index in [2.05, 4.69) is 39.3 Å². The fourth-order valence-electron chi connectivity index (χ4n) is 2.04. The lowest BCUT2D eigenvalue weighted by Gasteiger charge is -2.34. The van der Waals surface area contributed by atoms with Gasteiger partial charge in [-0.25, -0.2) is 0 Å². The van der Waals surface area contributed by atoms with Crippen molar-refractivity contribution in [2.45, 2.75) is 64.2 Å². The molecule has 5 nitrogen and oxygen atoms in total. The molecule has 0 aromatic rings. The zero-order valence-electron chi connectivity index (χ0n) is 14.1. The Morgan fingerprint density at radius 1 is 0.700 bits per heavy atom. The summed E-state index contributed by atoms with van der Waals surface area (Å²) >= 11 is 0. The van der Waals surface area contributed by atoms with Gasteiger partial charge in [-0.15, -0.1) is 0 Å². The maximum absolute atomic E-state index is 6.30. The van der Waals surface area contributed by atoms with E-state index in [0.717, 1.165) is 31.5 Å². The van der Waals surface area contributed by atoms with Crippen LogP contribution in [0.4, 0.5) is 0 Å². The van der Waals surface area contributed by atoms with Gasteiger partial charge >= 0.3 is 8.56 Å². The van der Waals surface area contributed by atoms with E-state index in [4.69, 9.17) is 24.7 Å². The van der Waals surface area contributed by atoms with Crippen LogP contribution in [0.25, 0.3) is 0 Å². The lowest BCUT2D eigenvalue weighted by atomic mass is 10.5. The highest BCUT2D eigenvalue weighted by atomic mass is 28.4. The molecule has 0 aliphatic rings. The first-order chi connectivity index (χ1) is 9.04. The van der Waals surface area contributed by atoms with Crippen molar-refractivity contribution in [3.8, 4) is 0 Å². The summed E-state index contributed by atoms with van der Waals surface area (Å²) in [5.41, 5.74) is 11.1. The van der Waals surface area contributed by atoms with Crippen molar-refractivity contribution < 1.29 is 13.3 Å². The van der Waals surface area contributed by atoms with Crippen LogP contribution >= 0.6 is 0 Å². The van der Waals surface area contributed by atoms with Crippen LogP contribution in [0, 0.1) is 0 Å². The van der Waals surface area contributed by atoms with Gasteiger partial charge in [0.1, 0.15) is 0 Å². The van der Waals surface area contributed by atoms with Gasteiger partial charge in [-0.05, 0) is 77.3 Å². The number of nitrogens with two attached hydrogens (primary N) is 2. The second-order valence-electron chi connectivity index (χ2n) is 6.97. The second kappa shape index (κ2) is 8.79. The molecule has 122 valence electrons. The molecule has 0 rings (SSSR count). The molecule has 0 saturated heterocycles. The average Bonchev–Trinajstić information content (AvgIpc) is 2.31. The fraction of sp³-hybridized carbons (Fsp3) is 1.00. The third kappa shape index (κ3) is 10.2. The Bertz CT molecular complexity index is 277. The largest absolute Gasteiger partial charge is 0.435 e. The van der Waals surface area contributed by atoms with E-state index in [0.29, 0.717) is 6.54 Å². The summed E-state index contributed by atoms with van der Waals surface area (Å²) in [6, 6.07) is 2.08. The van der Waals surface area contributed by atoms with E-state index in [-0.39, 0.29) is 0 Å². The van der Waals surface area contributed by atoms with E-state index >= 15 is 0 Å². The molecule has 8 heteroatoms. The molecule has 4 N–H and O–H groups in total. The van der Waals surface area contributed by atoms with Crippen molar-refractivity contribution >= 4 is 25.2 Å². The van der Waals surface area contributed by atoms with Crippen LogP contribution in [0.1, 0.15) is 12.8 Å². The topological polar surface area (TPSA) is 79.7 Å². The van der Waals surface area contributed by atoms with Crippen molar-refractivity contribution in [3.05, 3.63) is 0 Å². The van der Waals surface area contributed by atoms with Gasteiger partial charge in [0, 0.05) is 0 Å². The summed E-state index contributed by atoms with van der Waals surface area (Å²) < 4.78 is 17.8. The van der Waals surface area contributed by atoms with Crippen molar-refractivity contribution in [2.24, 2.45) is 11.5 Å². The van der Waals surface area contributed by atoms with Crippen LogP contribution in [0.2, 0.25) is 51.4 Å². The molecule has 0 heterocycles. The third-order valence-corrected chi connectivity index (χ3v) is 11.4. The van der Waals surface area contributed by atoms with E-state index in [1.165, 1.54) is 0 Å². The minimum Gasteiger partial charge on any atom is -0.435 e. The molecular weight excluding hydrogens is 304 g/mol. The van der Waals surface area contributed by atoms with Crippen LogP contribution in [0.5, 0.6) is 0 Å². The molecule has 0 bridgehead atoms. The Kier molecular flexibility index (Phi) is 8.99. The van der Waals surface area contributed by atoms with Crippen LogP contribution in [0.15, 0.2) is 0 Å². The maximum Gasteiger partial charge on any atom is 0.357 e. The highest BCUT2D eigenvalue weighted by Gasteiger charge is 2.37. The lowest BCUT2D eigenvalue weighted by Crippen LogP contribution is -2.48. The molecule has 0 aromatic heterocycles. The monoisotopic (exact) mass is 338 g/mol. The summed E-state index contributed by atoms with van der Waals surface area (Å²) in [7, 11) is -5.73. The van der Waals surface area contributed by atoms with Gasteiger partial charge in [-0.3, -0.25) is 9.15 Å². The summed E-state index contributed by atoms with van der Waals surface area (Å²) in [6.45, 7) is 14.3. The van der Waals surface area contributed by atoms with Gasteiger partial charge in [0.25, 0.3) is 0 Å². The summed E-state index contributed by atoms with van der Waals surface area (Å²) in [4.78, 5) is 0. The highest BCUT2D eigenvalue weighted by Crippen LogP contribution is 2.23. The molecule has 0 radical (unpaired) electrons. The molecule has 0 spiro atoms. The van der Waals surface area contributed by atoms with E-state index in [1.54, 1.807) is 0 Å². The zero-order chi connectivity index (χ0) is 15.9. The fourth-order valence-corrected chi connectivity index (χ4v) is 11.8. The Morgan fingerprint density at radius 3 is 1.60 bits per heavy atom. The summed E-state index contributed by atoms with van der Waals surface area (Å²) in [6.07, 6.45) is 2.00. The van der Waals surface area contributed by atoms with Crippen LogP contribution in [-0.2, 0) is 13.3 Å². The van der Waals surface area contributed by atoms with Crippen molar-refractivity contribution in [1.82, 2.24) is 0 Å². The summed E-state index contributed by atoms with van der Waals surface area (Å²) in [5, 5.41) is 0. The molecule has 0 fully saturated rings. The molecule has 20 heavy (non-hydrogen) atoms. The minimum absolute atomic E-state index is 0.705. The summed E-state index contributed by atoms with van der Waals surface area (Å²) in [5.74, 6) is 0. The van der Waals surface area contributed by atoms with Crippen molar-refractivity contribution in [3.63, 3.8) is 0 Å². The Hall–Kier alpha value is 0.451. The van der Waals surface area contributed by atoms with Crippen LogP contribution in [0.3, 0.4) is 0 Å². The maximum atomic E-state index is 6.30. The van der Waals surface area contributed by atoms with E-state index in [1.807, 2.05) is 0 Å². The second-order valence-corrected chi connectivity index (χ2v) is 19.0. The SMILES string of the molecule is C[Si](C)(CCCN)OO[Si](C)(C)O[Si](C)(C)CCCN. The van der Waals surface area contributed by atoms with Crippen LogP contribution in [-0.4, -0.2) is 38.3 Å². The molecule has 0 saturated carbocycles. The van der Waals surface area contributed by atoms with E-state index < -0.39 is 25.2 Å².